The molecule has 0 fully saturated rings. The van der Waals surface area contributed by atoms with Crippen LogP contribution in [-0.2, 0) is 9.59 Å². The number of fused-ring (bicyclic) bond motifs is 1. The van der Waals surface area contributed by atoms with Gasteiger partial charge in [0, 0.05) is 23.5 Å². The van der Waals surface area contributed by atoms with Crippen molar-refractivity contribution in [1.29, 1.82) is 0 Å². The average molecular weight is 216 g/mol. The molecule has 1 aliphatic heterocycles. The van der Waals surface area contributed by atoms with Crippen LogP contribution < -0.4 is 4.74 Å². The number of hydrogen-bond acceptors (Lipinski definition) is 3. The predicted octanol–water partition coefficient (Wildman–Crippen LogP) is 2.22. The van der Waals surface area contributed by atoms with E-state index in [2.05, 4.69) is 6.58 Å². The van der Waals surface area contributed by atoms with E-state index in [9.17, 15) is 9.59 Å². The van der Waals surface area contributed by atoms with Gasteiger partial charge in [-0.2, -0.15) is 0 Å². The number of Topliss-reactive ketones (excluding diaryl/α,β-unsaturated/α-hetero) is 1. The van der Waals surface area contributed by atoms with Gasteiger partial charge in [-0.15, -0.1) is 0 Å². The van der Waals surface area contributed by atoms with E-state index in [0.29, 0.717) is 17.7 Å². The summed E-state index contributed by atoms with van der Waals surface area (Å²) in [5, 5.41) is 0. The van der Waals surface area contributed by atoms with Gasteiger partial charge in [0.2, 0.25) is 0 Å². The van der Waals surface area contributed by atoms with E-state index in [1.807, 2.05) is 12.1 Å². The van der Waals surface area contributed by atoms with Gasteiger partial charge in [-0.3, -0.25) is 4.79 Å². The number of benzene rings is 1. The lowest BCUT2D eigenvalue weighted by molar-refractivity contribution is -0.131. The molecule has 0 bridgehead atoms. The summed E-state index contributed by atoms with van der Waals surface area (Å²) in [6, 6.07) is 7.25. The maximum Gasteiger partial charge on any atom is 0.339 e. The molecule has 0 amide bonds. The van der Waals surface area contributed by atoms with Crippen molar-refractivity contribution < 1.29 is 14.3 Å². The molecule has 82 valence electrons. The molecule has 0 N–H and O–H groups in total. The zero-order valence-electron chi connectivity index (χ0n) is 9.03. The summed E-state index contributed by atoms with van der Waals surface area (Å²) in [7, 11) is 0. The van der Waals surface area contributed by atoms with Gasteiger partial charge < -0.3 is 4.74 Å². The molecule has 0 radical (unpaired) electrons. The van der Waals surface area contributed by atoms with E-state index < -0.39 is 5.97 Å². The van der Waals surface area contributed by atoms with Crippen LogP contribution in [0, 0.1) is 0 Å². The zero-order chi connectivity index (χ0) is 11.7. The maximum absolute atomic E-state index is 11.5. The predicted molar refractivity (Wildman–Crippen MR) is 59.3 cm³/mol. The first kappa shape index (κ1) is 10.6. The number of rotatable bonds is 2. The lowest BCUT2D eigenvalue weighted by Gasteiger charge is -2.25. The molecule has 1 heterocycles. The van der Waals surface area contributed by atoms with Crippen molar-refractivity contribution in [3.05, 3.63) is 42.0 Å². The van der Waals surface area contributed by atoms with E-state index in [1.54, 1.807) is 12.1 Å². The number of hydrogen-bond donors (Lipinski definition) is 0. The summed E-state index contributed by atoms with van der Waals surface area (Å²) in [5.41, 5.74) is 1.22. The second-order valence-electron chi connectivity index (χ2n) is 3.91. The van der Waals surface area contributed by atoms with Crippen LogP contribution in [-0.4, -0.2) is 11.8 Å². The second kappa shape index (κ2) is 3.93. The third-order valence-corrected chi connectivity index (χ3v) is 2.67. The Morgan fingerprint density at radius 2 is 2.12 bits per heavy atom. The third kappa shape index (κ3) is 1.76. The van der Waals surface area contributed by atoms with Crippen molar-refractivity contribution in [2.45, 2.75) is 19.3 Å². The SMILES string of the molecule is C=C1C(=O)Oc2ccccc2C1CC(C)=O. The van der Waals surface area contributed by atoms with Crippen molar-refractivity contribution in [1.82, 2.24) is 0 Å². The lowest BCUT2D eigenvalue weighted by atomic mass is 9.85. The number of carbonyl (C=O) groups is 2. The minimum atomic E-state index is -0.440. The zero-order valence-corrected chi connectivity index (χ0v) is 9.03. The highest BCUT2D eigenvalue weighted by molar-refractivity contribution is 5.95. The molecule has 3 heteroatoms. The molecule has 2 rings (SSSR count). The Labute approximate surface area is 93.7 Å². The van der Waals surface area contributed by atoms with Gasteiger partial charge in [0.15, 0.2) is 0 Å². The fraction of sp³-hybridized carbons (Fsp3) is 0.231. The maximum atomic E-state index is 11.5. The van der Waals surface area contributed by atoms with Crippen molar-refractivity contribution in [2.24, 2.45) is 0 Å². The van der Waals surface area contributed by atoms with Crippen molar-refractivity contribution in [2.75, 3.05) is 0 Å². The van der Waals surface area contributed by atoms with E-state index in [-0.39, 0.29) is 11.7 Å². The number of ether oxygens (including phenoxy) is 1. The normalized spacial score (nSPS) is 18.9. The first-order chi connectivity index (χ1) is 7.59. The molecular formula is C13H12O3. The number of para-hydroxylation sites is 1. The molecule has 0 spiro atoms. The van der Waals surface area contributed by atoms with E-state index in [0.717, 1.165) is 5.56 Å². The molecular weight excluding hydrogens is 204 g/mol. The van der Waals surface area contributed by atoms with E-state index in [1.165, 1.54) is 6.92 Å². The average Bonchev–Trinajstić information content (AvgIpc) is 2.24. The Morgan fingerprint density at radius 1 is 1.44 bits per heavy atom. The largest absolute Gasteiger partial charge is 0.423 e. The molecule has 0 saturated heterocycles. The number of carbonyl (C=O) groups excluding carboxylic acids is 2. The highest BCUT2D eigenvalue weighted by atomic mass is 16.5. The van der Waals surface area contributed by atoms with Crippen LogP contribution in [0.3, 0.4) is 0 Å². The Bertz CT molecular complexity index is 474. The molecule has 0 aliphatic carbocycles. The van der Waals surface area contributed by atoms with Crippen LogP contribution in [0.4, 0.5) is 0 Å². The molecule has 1 aliphatic rings. The van der Waals surface area contributed by atoms with Crippen molar-refractivity contribution in [3.63, 3.8) is 0 Å². The Morgan fingerprint density at radius 3 is 2.81 bits per heavy atom. The monoisotopic (exact) mass is 216 g/mol. The topological polar surface area (TPSA) is 43.4 Å². The van der Waals surface area contributed by atoms with E-state index >= 15 is 0 Å². The Hall–Kier alpha value is -1.90. The molecule has 16 heavy (non-hydrogen) atoms. The molecule has 1 aromatic rings. The summed E-state index contributed by atoms with van der Waals surface area (Å²) >= 11 is 0. The van der Waals surface area contributed by atoms with Crippen LogP contribution >= 0.6 is 0 Å². The van der Waals surface area contributed by atoms with Gasteiger partial charge >= 0.3 is 5.97 Å². The molecule has 1 unspecified atom stereocenters. The molecule has 0 aromatic heterocycles. The van der Waals surface area contributed by atoms with E-state index in [4.69, 9.17) is 4.74 Å². The summed E-state index contributed by atoms with van der Waals surface area (Å²) in [5.74, 6) is -0.110. The summed E-state index contributed by atoms with van der Waals surface area (Å²) in [6.45, 7) is 5.21. The molecule has 1 aromatic carbocycles. The highest BCUT2D eigenvalue weighted by Crippen LogP contribution is 2.38. The van der Waals surface area contributed by atoms with Crippen molar-refractivity contribution >= 4 is 11.8 Å². The van der Waals surface area contributed by atoms with Crippen LogP contribution in [0.5, 0.6) is 5.75 Å². The van der Waals surface area contributed by atoms with Crippen LogP contribution in [0.15, 0.2) is 36.4 Å². The first-order valence-electron chi connectivity index (χ1n) is 5.09. The summed E-state index contributed by atoms with van der Waals surface area (Å²) < 4.78 is 5.11. The van der Waals surface area contributed by atoms with Gasteiger partial charge in [-0.1, -0.05) is 24.8 Å². The highest BCUT2D eigenvalue weighted by Gasteiger charge is 2.31. The van der Waals surface area contributed by atoms with Gasteiger partial charge in [-0.25, -0.2) is 4.79 Å². The second-order valence-corrected chi connectivity index (χ2v) is 3.91. The standard InChI is InChI=1S/C13H12O3/c1-8(14)7-11-9(2)13(15)16-12-6-4-3-5-10(11)12/h3-6,11H,2,7H2,1H3. The van der Waals surface area contributed by atoms with Crippen molar-refractivity contribution in [3.8, 4) is 5.75 Å². The summed E-state index contributed by atoms with van der Waals surface area (Å²) in [4.78, 5) is 22.7. The minimum Gasteiger partial charge on any atom is -0.423 e. The fourth-order valence-corrected chi connectivity index (χ4v) is 1.88. The molecule has 1 atom stereocenters. The fourth-order valence-electron chi connectivity index (χ4n) is 1.88. The van der Waals surface area contributed by atoms with Crippen LogP contribution in [0.2, 0.25) is 0 Å². The molecule has 0 saturated carbocycles. The van der Waals surface area contributed by atoms with Gasteiger partial charge in [-0.05, 0) is 13.0 Å². The van der Waals surface area contributed by atoms with Crippen LogP contribution in [0.1, 0.15) is 24.8 Å². The molecule has 3 nitrogen and oxygen atoms in total. The van der Waals surface area contributed by atoms with Gasteiger partial charge in [0.05, 0.1) is 0 Å². The Balaban J connectivity index is 2.45. The lowest BCUT2D eigenvalue weighted by Crippen LogP contribution is -2.24. The van der Waals surface area contributed by atoms with Crippen LogP contribution in [0.25, 0.3) is 0 Å². The summed E-state index contributed by atoms with van der Waals surface area (Å²) in [6.07, 6.45) is 0.297. The minimum absolute atomic E-state index is 0.0376. The number of esters is 1. The van der Waals surface area contributed by atoms with Gasteiger partial charge in [0.1, 0.15) is 11.5 Å². The Kier molecular flexibility index (Phi) is 2.60. The quantitative estimate of drug-likeness (QED) is 0.432. The first-order valence-corrected chi connectivity index (χ1v) is 5.09. The smallest absolute Gasteiger partial charge is 0.339 e. The third-order valence-electron chi connectivity index (χ3n) is 2.67. The number of ketones is 1. The van der Waals surface area contributed by atoms with Gasteiger partial charge in [0.25, 0.3) is 0 Å².